The number of methoxy groups -OCH3 is 3. The number of amides is 2. The standard InChI is InChI=1S/C28H29ClN2O5/c1-34-20-11-8-18(9-12-20)22-17-31(28(33)19-10-13-25(35-2)26(16-19)36-3)15-14-24(22)30-27(32)21-6-4-5-7-23(21)29/h4-13,16,22,24H,14-15,17H2,1-3H3,(H,30,32). The van der Waals surface area contributed by atoms with E-state index in [9.17, 15) is 9.59 Å². The predicted molar refractivity (Wildman–Crippen MR) is 139 cm³/mol. The Balaban J connectivity index is 1.59. The summed E-state index contributed by atoms with van der Waals surface area (Å²) in [6.45, 7) is 0.931. The van der Waals surface area contributed by atoms with Gasteiger partial charge in [-0.3, -0.25) is 9.59 Å². The zero-order valence-electron chi connectivity index (χ0n) is 20.5. The molecule has 2 unspecified atom stereocenters. The van der Waals surface area contributed by atoms with Crippen LogP contribution in [0.25, 0.3) is 0 Å². The molecule has 3 aromatic rings. The van der Waals surface area contributed by atoms with Gasteiger partial charge >= 0.3 is 0 Å². The molecule has 7 nitrogen and oxygen atoms in total. The van der Waals surface area contributed by atoms with E-state index >= 15 is 0 Å². The van der Waals surface area contributed by atoms with Crippen LogP contribution in [0.15, 0.2) is 66.7 Å². The number of nitrogens with one attached hydrogen (secondary N) is 1. The van der Waals surface area contributed by atoms with Gasteiger partial charge in [0.1, 0.15) is 5.75 Å². The van der Waals surface area contributed by atoms with Gasteiger partial charge in [0.15, 0.2) is 11.5 Å². The van der Waals surface area contributed by atoms with E-state index in [0.717, 1.165) is 11.3 Å². The monoisotopic (exact) mass is 508 g/mol. The molecule has 0 spiro atoms. The van der Waals surface area contributed by atoms with Gasteiger partial charge in [-0.25, -0.2) is 0 Å². The van der Waals surface area contributed by atoms with Crippen LogP contribution in [0.2, 0.25) is 5.02 Å². The highest BCUT2D eigenvalue weighted by atomic mass is 35.5. The molecule has 36 heavy (non-hydrogen) atoms. The number of carbonyl (C=O) groups is 2. The Hall–Kier alpha value is -3.71. The number of piperidine rings is 1. The Morgan fingerprint density at radius 3 is 2.31 bits per heavy atom. The van der Waals surface area contributed by atoms with Crippen LogP contribution < -0.4 is 19.5 Å². The molecule has 2 amide bonds. The molecule has 0 aliphatic carbocycles. The quantitative estimate of drug-likeness (QED) is 0.496. The van der Waals surface area contributed by atoms with Crippen molar-refractivity contribution in [2.75, 3.05) is 34.4 Å². The van der Waals surface area contributed by atoms with E-state index < -0.39 is 0 Å². The molecular formula is C28H29ClN2O5. The largest absolute Gasteiger partial charge is 0.497 e. The third-order valence-electron chi connectivity index (χ3n) is 6.51. The van der Waals surface area contributed by atoms with Crippen LogP contribution in [0, 0.1) is 0 Å². The van der Waals surface area contributed by atoms with Gasteiger partial charge in [-0.05, 0) is 54.4 Å². The van der Waals surface area contributed by atoms with Crippen molar-refractivity contribution in [1.29, 1.82) is 0 Å². The highest BCUT2D eigenvalue weighted by Crippen LogP contribution is 2.32. The summed E-state index contributed by atoms with van der Waals surface area (Å²) in [5.74, 6) is 1.34. The van der Waals surface area contributed by atoms with Crippen LogP contribution in [0.3, 0.4) is 0 Å². The molecule has 0 aromatic heterocycles. The zero-order chi connectivity index (χ0) is 25.7. The molecule has 1 fully saturated rings. The average Bonchev–Trinajstić information content (AvgIpc) is 2.92. The molecule has 1 heterocycles. The second kappa shape index (κ2) is 11.4. The predicted octanol–water partition coefficient (Wildman–Crippen LogP) is 4.79. The minimum atomic E-state index is -0.233. The Morgan fingerprint density at radius 1 is 0.917 bits per heavy atom. The molecule has 3 aromatic carbocycles. The maximum atomic E-state index is 13.4. The van der Waals surface area contributed by atoms with E-state index in [0.29, 0.717) is 47.2 Å². The van der Waals surface area contributed by atoms with Crippen molar-refractivity contribution < 1.29 is 23.8 Å². The SMILES string of the molecule is COc1ccc(C2CN(C(=O)c3ccc(OC)c(OC)c3)CCC2NC(=O)c2ccccc2Cl)cc1. The van der Waals surface area contributed by atoms with Crippen LogP contribution in [0.5, 0.6) is 17.2 Å². The first kappa shape index (κ1) is 25.4. The third kappa shape index (κ3) is 5.41. The van der Waals surface area contributed by atoms with Crippen molar-refractivity contribution in [1.82, 2.24) is 10.2 Å². The van der Waals surface area contributed by atoms with Gasteiger partial charge in [-0.2, -0.15) is 0 Å². The summed E-state index contributed by atoms with van der Waals surface area (Å²) in [7, 11) is 4.71. The van der Waals surface area contributed by atoms with Crippen molar-refractivity contribution >= 4 is 23.4 Å². The molecule has 0 bridgehead atoms. The number of hydrogen-bond donors (Lipinski definition) is 1. The van der Waals surface area contributed by atoms with Gasteiger partial charge < -0.3 is 24.4 Å². The second-order valence-corrected chi connectivity index (χ2v) is 8.96. The van der Waals surface area contributed by atoms with E-state index in [-0.39, 0.29) is 23.8 Å². The Bertz CT molecular complexity index is 1230. The lowest BCUT2D eigenvalue weighted by Gasteiger charge is -2.39. The normalized spacial score (nSPS) is 17.3. The molecular weight excluding hydrogens is 480 g/mol. The summed E-state index contributed by atoms with van der Waals surface area (Å²) in [4.78, 5) is 28.3. The van der Waals surface area contributed by atoms with Crippen molar-refractivity contribution in [3.05, 3.63) is 88.4 Å². The molecule has 2 atom stereocenters. The fourth-order valence-corrected chi connectivity index (χ4v) is 4.76. The minimum Gasteiger partial charge on any atom is -0.497 e. The summed E-state index contributed by atoms with van der Waals surface area (Å²) in [5.41, 5.74) is 1.95. The minimum absolute atomic E-state index is 0.106. The number of carbonyl (C=O) groups excluding carboxylic acids is 2. The van der Waals surface area contributed by atoms with Gasteiger partial charge in [0.05, 0.1) is 31.9 Å². The van der Waals surface area contributed by atoms with Crippen LogP contribution in [-0.4, -0.2) is 57.2 Å². The highest BCUT2D eigenvalue weighted by molar-refractivity contribution is 6.33. The topological polar surface area (TPSA) is 77.1 Å². The summed E-state index contributed by atoms with van der Waals surface area (Å²) in [6.07, 6.45) is 0.589. The number of halogens is 1. The molecule has 0 radical (unpaired) electrons. The van der Waals surface area contributed by atoms with Gasteiger partial charge in [0.2, 0.25) is 0 Å². The molecule has 188 valence electrons. The molecule has 4 rings (SSSR count). The van der Waals surface area contributed by atoms with E-state index in [1.807, 2.05) is 29.2 Å². The third-order valence-corrected chi connectivity index (χ3v) is 6.84. The van der Waals surface area contributed by atoms with E-state index in [1.165, 1.54) is 0 Å². The highest BCUT2D eigenvalue weighted by Gasteiger charge is 2.34. The first-order valence-electron chi connectivity index (χ1n) is 11.7. The Kier molecular flexibility index (Phi) is 8.00. The van der Waals surface area contributed by atoms with Crippen LogP contribution in [0.4, 0.5) is 0 Å². The second-order valence-electron chi connectivity index (χ2n) is 8.55. The summed E-state index contributed by atoms with van der Waals surface area (Å²) in [5, 5.41) is 3.56. The summed E-state index contributed by atoms with van der Waals surface area (Å²) in [6, 6.07) is 19.7. The van der Waals surface area contributed by atoms with E-state index in [4.69, 9.17) is 25.8 Å². The van der Waals surface area contributed by atoms with Gasteiger partial charge in [0.25, 0.3) is 11.8 Å². The van der Waals surface area contributed by atoms with Gasteiger partial charge in [-0.15, -0.1) is 0 Å². The van der Waals surface area contributed by atoms with Crippen molar-refractivity contribution in [3.8, 4) is 17.2 Å². The molecule has 0 saturated carbocycles. The van der Waals surface area contributed by atoms with Crippen molar-refractivity contribution in [2.24, 2.45) is 0 Å². The lowest BCUT2D eigenvalue weighted by atomic mass is 9.85. The number of hydrogen-bond acceptors (Lipinski definition) is 5. The zero-order valence-corrected chi connectivity index (χ0v) is 21.2. The first-order valence-corrected chi connectivity index (χ1v) is 12.0. The smallest absolute Gasteiger partial charge is 0.254 e. The van der Waals surface area contributed by atoms with Crippen LogP contribution >= 0.6 is 11.6 Å². The number of nitrogens with zero attached hydrogens (tertiary/aromatic N) is 1. The molecule has 1 N–H and O–H groups in total. The molecule has 8 heteroatoms. The average molecular weight is 509 g/mol. The maximum Gasteiger partial charge on any atom is 0.254 e. The number of likely N-dealkylation sites (tertiary alicyclic amines) is 1. The number of benzene rings is 3. The number of ether oxygens (including phenoxy) is 3. The summed E-state index contributed by atoms with van der Waals surface area (Å²) < 4.78 is 16.0. The fourth-order valence-electron chi connectivity index (χ4n) is 4.54. The summed E-state index contributed by atoms with van der Waals surface area (Å²) >= 11 is 6.26. The number of rotatable bonds is 7. The maximum absolute atomic E-state index is 13.4. The molecule has 1 aliphatic rings. The Morgan fingerprint density at radius 2 is 1.64 bits per heavy atom. The molecule has 1 aliphatic heterocycles. The van der Waals surface area contributed by atoms with Crippen LogP contribution in [-0.2, 0) is 0 Å². The fraction of sp³-hybridized carbons (Fsp3) is 0.286. The van der Waals surface area contributed by atoms with Gasteiger partial charge in [0, 0.05) is 30.6 Å². The first-order chi connectivity index (χ1) is 17.4. The Labute approximate surface area is 215 Å². The van der Waals surface area contributed by atoms with Crippen molar-refractivity contribution in [2.45, 2.75) is 18.4 Å². The van der Waals surface area contributed by atoms with E-state index in [2.05, 4.69) is 5.32 Å². The van der Waals surface area contributed by atoms with Crippen LogP contribution in [0.1, 0.15) is 38.6 Å². The van der Waals surface area contributed by atoms with Crippen molar-refractivity contribution in [3.63, 3.8) is 0 Å². The van der Waals surface area contributed by atoms with Gasteiger partial charge in [-0.1, -0.05) is 35.9 Å². The lowest BCUT2D eigenvalue weighted by molar-refractivity contribution is 0.0671. The van der Waals surface area contributed by atoms with E-state index in [1.54, 1.807) is 63.8 Å². The molecule has 1 saturated heterocycles. The lowest BCUT2D eigenvalue weighted by Crippen LogP contribution is -2.51.